The van der Waals surface area contributed by atoms with Crippen molar-refractivity contribution in [2.75, 3.05) is 10.2 Å². The summed E-state index contributed by atoms with van der Waals surface area (Å²) in [4.78, 5) is 27.3. The van der Waals surface area contributed by atoms with Crippen LogP contribution in [0.4, 0.5) is 11.4 Å². The molecule has 1 aliphatic rings. The molecule has 0 aromatic heterocycles. The zero-order chi connectivity index (χ0) is 21.3. The van der Waals surface area contributed by atoms with Gasteiger partial charge < -0.3 is 10.2 Å². The lowest BCUT2D eigenvalue weighted by Gasteiger charge is -2.30. The predicted octanol–water partition coefficient (Wildman–Crippen LogP) is 5.34. The van der Waals surface area contributed by atoms with Gasteiger partial charge in [0.25, 0.3) is 5.91 Å². The first-order valence-corrected chi connectivity index (χ1v) is 10.3. The van der Waals surface area contributed by atoms with Gasteiger partial charge in [0, 0.05) is 23.4 Å². The normalized spacial score (nSPS) is 13.2. The number of amides is 2. The molecule has 0 unspecified atom stereocenters. The molecule has 1 aliphatic heterocycles. The van der Waals surface area contributed by atoms with E-state index < -0.39 is 0 Å². The zero-order valence-corrected chi connectivity index (χ0v) is 17.7. The molecule has 0 atom stereocenters. The number of fused-ring (bicyclic) bond motifs is 1. The highest BCUT2D eigenvalue weighted by atomic mass is 16.2. The Kier molecular flexibility index (Phi) is 5.40. The van der Waals surface area contributed by atoms with E-state index in [1.54, 1.807) is 0 Å². The van der Waals surface area contributed by atoms with Crippen LogP contribution in [0.25, 0.3) is 0 Å². The predicted molar refractivity (Wildman–Crippen MR) is 121 cm³/mol. The third-order valence-corrected chi connectivity index (χ3v) is 5.63. The van der Waals surface area contributed by atoms with Crippen LogP contribution in [0.15, 0.2) is 60.7 Å². The maximum Gasteiger partial charge on any atom is 0.256 e. The number of nitrogens with one attached hydrogen (secondary N) is 1. The summed E-state index contributed by atoms with van der Waals surface area (Å²) in [5.41, 5.74) is 7.69. The van der Waals surface area contributed by atoms with Crippen LogP contribution in [0.5, 0.6) is 0 Å². The quantitative estimate of drug-likeness (QED) is 0.645. The van der Waals surface area contributed by atoms with Gasteiger partial charge in [-0.1, -0.05) is 48.0 Å². The summed E-state index contributed by atoms with van der Waals surface area (Å²) in [6, 6.07) is 19.9. The molecule has 0 spiro atoms. The molecule has 3 aromatic rings. The second kappa shape index (κ2) is 8.15. The van der Waals surface area contributed by atoms with E-state index in [1.807, 2.05) is 86.3 Å². The van der Waals surface area contributed by atoms with Crippen LogP contribution in [0.1, 0.15) is 44.6 Å². The average Bonchev–Trinajstić information content (AvgIpc) is 2.70. The third kappa shape index (κ3) is 3.99. The molecule has 1 N–H and O–H groups in total. The lowest BCUT2D eigenvalue weighted by molar-refractivity contribution is -0.119. The van der Waals surface area contributed by atoms with Crippen molar-refractivity contribution in [3.8, 4) is 0 Å². The van der Waals surface area contributed by atoms with Gasteiger partial charge >= 0.3 is 0 Å². The monoisotopic (exact) mass is 398 g/mol. The molecular weight excluding hydrogens is 372 g/mol. The number of benzene rings is 3. The summed E-state index contributed by atoms with van der Waals surface area (Å²) in [5.74, 6) is 0.0343. The van der Waals surface area contributed by atoms with Gasteiger partial charge in [-0.15, -0.1) is 0 Å². The van der Waals surface area contributed by atoms with Crippen molar-refractivity contribution in [2.24, 2.45) is 0 Å². The van der Waals surface area contributed by atoms with E-state index in [-0.39, 0.29) is 11.8 Å². The van der Waals surface area contributed by atoms with Gasteiger partial charge in [-0.3, -0.25) is 9.59 Å². The average molecular weight is 399 g/mol. The van der Waals surface area contributed by atoms with E-state index >= 15 is 0 Å². The number of hydrogen-bond acceptors (Lipinski definition) is 2. The molecule has 0 aliphatic carbocycles. The van der Waals surface area contributed by atoms with Gasteiger partial charge in [-0.25, -0.2) is 0 Å². The molecule has 4 rings (SSSR count). The van der Waals surface area contributed by atoms with Crippen molar-refractivity contribution in [3.63, 3.8) is 0 Å². The van der Waals surface area contributed by atoms with Gasteiger partial charge in [0.05, 0.1) is 6.54 Å². The van der Waals surface area contributed by atoms with Crippen LogP contribution in [-0.4, -0.2) is 11.8 Å². The smallest absolute Gasteiger partial charge is 0.256 e. The van der Waals surface area contributed by atoms with Crippen LogP contribution >= 0.6 is 0 Å². The molecule has 4 nitrogen and oxygen atoms in total. The summed E-state index contributed by atoms with van der Waals surface area (Å²) in [7, 11) is 0. The van der Waals surface area contributed by atoms with E-state index in [4.69, 9.17) is 0 Å². The SMILES string of the molecule is Cc1cc(C)c(C(=O)Nc2ccc3c(c2)CCC(=O)N3Cc2ccccc2)c(C)c1. The number of hydrogen-bond donors (Lipinski definition) is 1. The minimum atomic E-state index is -0.0991. The van der Waals surface area contributed by atoms with Crippen molar-refractivity contribution in [2.45, 2.75) is 40.2 Å². The Bertz CT molecular complexity index is 1100. The standard InChI is InChI=1S/C26H26N2O2/c1-17-13-18(2)25(19(3)14-17)26(30)27-22-10-11-23-21(15-22)9-12-24(29)28(23)16-20-7-5-4-6-8-20/h4-8,10-11,13-15H,9,12,16H2,1-3H3,(H,27,30). The maximum absolute atomic E-state index is 12.9. The van der Waals surface area contributed by atoms with Crippen LogP contribution in [-0.2, 0) is 17.8 Å². The fourth-order valence-corrected chi connectivity index (χ4v) is 4.31. The third-order valence-electron chi connectivity index (χ3n) is 5.63. The largest absolute Gasteiger partial charge is 0.322 e. The van der Waals surface area contributed by atoms with Gasteiger partial charge in [-0.05, 0) is 67.6 Å². The minimum Gasteiger partial charge on any atom is -0.322 e. The Morgan fingerprint density at radius 2 is 1.63 bits per heavy atom. The molecule has 0 saturated heterocycles. The van der Waals surface area contributed by atoms with Crippen molar-refractivity contribution in [3.05, 3.63) is 94.0 Å². The maximum atomic E-state index is 12.9. The van der Waals surface area contributed by atoms with E-state index in [0.717, 1.165) is 44.8 Å². The molecule has 1 heterocycles. The summed E-state index contributed by atoms with van der Waals surface area (Å²) in [6.45, 7) is 6.53. The van der Waals surface area contributed by atoms with Gasteiger partial charge in [0.2, 0.25) is 5.91 Å². The molecular formula is C26H26N2O2. The Hall–Kier alpha value is -3.40. The lowest BCUT2D eigenvalue weighted by atomic mass is 9.98. The van der Waals surface area contributed by atoms with Crippen molar-refractivity contribution >= 4 is 23.2 Å². The molecule has 30 heavy (non-hydrogen) atoms. The van der Waals surface area contributed by atoms with Gasteiger partial charge in [0.1, 0.15) is 0 Å². The fraction of sp³-hybridized carbons (Fsp3) is 0.231. The first-order chi connectivity index (χ1) is 14.4. The molecule has 0 bridgehead atoms. The Labute approximate surface area is 177 Å². The summed E-state index contributed by atoms with van der Waals surface area (Å²) in [5, 5.41) is 3.04. The van der Waals surface area contributed by atoms with E-state index in [1.165, 1.54) is 0 Å². The number of anilines is 2. The highest BCUT2D eigenvalue weighted by Crippen LogP contribution is 2.32. The summed E-state index contributed by atoms with van der Waals surface area (Å²) >= 11 is 0. The highest BCUT2D eigenvalue weighted by molar-refractivity contribution is 6.06. The Balaban J connectivity index is 1.58. The molecule has 4 heteroatoms. The van der Waals surface area contributed by atoms with E-state index in [2.05, 4.69) is 5.32 Å². The lowest BCUT2D eigenvalue weighted by Crippen LogP contribution is -2.34. The molecule has 3 aromatic carbocycles. The molecule has 0 radical (unpaired) electrons. The van der Waals surface area contributed by atoms with E-state index in [0.29, 0.717) is 19.4 Å². The van der Waals surface area contributed by atoms with E-state index in [9.17, 15) is 9.59 Å². The molecule has 0 saturated carbocycles. The number of carbonyl (C=O) groups is 2. The second-order valence-electron chi connectivity index (χ2n) is 8.04. The van der Waals surface area contributed by atoms with Crippen LogP contribution < -0.4 is 10.2 Å². The minimum absolute atomic E-state index is 0.0991. The summed E-state index contributed by atoms with van der Waals surface area (Å²) < 4.78 is 0. The van der Waals surface area contributed by atoms with Crippen molar-refractivity contribution in [1.29, 1.82) is 0 Å². The number of rotatable bonds is 4. The Morgan fingerprint density at radius 3 is 2.33 bits per heavy atom. The second-order valence-corrected chi connectivity index (χ2v) is 8.04. The number of nitrogens with zero attached hydrogens (tertiary/aromatic N) is 1. The zero-order valence-electron chi connectivity index (χ0n) is 17.7. The topological polar surface area (TPSA) is 49.4 Å². The first-order valence-electron chi connectivity index (χ1n) is 10.3. The highest BCUT2D eigenvalue weighted by Gasteiger charge is 2.25. The Morgan fingerprint density at radius 1 is 0.933 bits per heavy atom. The molecule has 2 amide bonds. The molecule has 152 valence electrons. The number of aryl methyl sites for hydroxylation is 4. The van der Waals surface area contributed by atoms with Crippen LogP contribution in [0, 0.1) is 20.8 Å². The first kappa shape index (κ1) is 19.9. The van der Waals surface area contributed by atoms with Crippen molar-refractivity contribution < 1.29 is 9.59 Å². The van der Waals surface area contributed by atoms with Crippen LogP contribution in [0.3, 0.4) is 0 Å². The molecule has 0 fully saturated rings. The fourth-order valence-electron chi connectivity index (χ4n) is 4.31. The van der Waals surface area contributed by atoms with Crippen LogP contribution in [0.2, 0.25) is 0 Å². The van der Waals surface area contributed by atoms with Crippen molar-refractivity contribution in [1.82, 2.24) is 0 Å². The summed E-state index contributed by atoms with van der Waals surface area (Å²) in [6.07, 6.45) is 1.17. The van der Waals surface area contributed by atoms with Gasteiger partial charge in [-0.2, -0.15) is 0 Å². The number of carbonyl (C=O) groups excluding carboxylic acids is 2. The van der Waals surface area contributed by atoms with Gasteiger partial charge in [0.15, 0.2) is 0 Å².